The predicted octanol–water partition coefficient (Wildman–Crippen LogP) is 1.98. The van der Waals surface area contributed by atoms with Gasteiger partial charge < -0.3 is 19.5 Å². The van der Waals surface area contributed by atoms with Gasteiger partial charge in [-0.05, 0) is 6.07 Å². The van der Waals surface area contributed by atoms with Crippen LogP contribution < -0.4 is 14.8 Å². The van der Waals surface area contributed by atoms with Crippen molar-refractivity contribution < 1.29 is 18.6 Å². The fraction of sp³-hybridized carbons (Fsp3) is 0.455. The van der Waals surface area contributed by atoms with Crippen LogP contribution in [-0.2, 0) is 4.74 Å². The first-order valence-electron chi connectivity index (χ1n) is 5.37. The summed E-state index contributed by atoms with van der Waals surface area (Å²) in [6, 6.07) is 1.72. The van der Waals surface area contributed by atoms with Crippen LogP contribution in [0.2, 0.25) is 0 Å². The van der Waals surface area contributed by atoms with E-state index in [1.54, 1.807) is 6.07 Å². The van der Waals surface area contributed by atoms with Gasteiger partial charge >= 0.3 is 0 Å². The average Bonchev–Trinajstić information content (AvgIpc) is 2.78. The number of nitrogens with one attached hydrogen (secondary N) is 1. The molecule has 1 unspecified atom stereocenters. The summed E-state index contributed by atoms with van der Waals surface area (Å²) < 4.78 is 30.8. The van der Waals surface area contributed by atoms with E-state index in [0.717, 1.165) is 6.54 Å². The first-order valence-corrected chi connectivity index (χ1v) is 6.16. The van der Waals surface area contributed by atoms with Crippen molar-refractivity contribution in [3.05, 3.63) is 21.9 Å². The van der Waals surface area contributed by atoms with Crippen molar-refractivity contribution in [1.82, 2.24) is 5.32 Å². The van der Waals surface area contributed by atoms with Gasteiger partial charge in [-0.3, -0.25) is 0 Å². The molecule has 3 rings (SSSR count). The normalized spacial score (nSPS) is 22.8. The highest BCUT2D eigenvalue weighted by molar-refractivity contribution is 9.10. The number of morpholine rings is 1. The highest BCUT2D eigenvalue weighted by Crippen LogP contribution is 2.43. The second-order valence-corrected chi connectivity index (χ2v) is 4.74. The third kappa shape index (κ3) is 1.90. The van der Waals surface area contributed by atoms with Crippen LogP contribution in [0.25, 0.3) is 0 Å². The van der Waals surface area contributed by atoms with Gasteiger partial charge in [-0.25, -0.2) is 4.39 Å². The largest absolute Gasteiger partial charge is 0.453 e. The molecule has 2 aliphatic heterocycles. The molecule has 1 aromatic rings. The summed E-state index contributed by atoms with van der Waals surface area (Å²) in [5.74, 6) is 0.208. The third-order valence-electron chi connectivity index (χ3n) is 2.84. The fourth-order valence-electron chi connectivity index (χ4n) is 2.03. The minimum absolute atomic E-state index is 0.0614. The Kier molecular flexibility index (Phi) is 2.94. The molecule has 2 aliphatic rings. The molecule has 0 bridgehead atoms. The van der Waals surface area contributed by atoms with Crippen molar-refractivity contribution in [2.75, 3.05) is 26.5 Å². The molecule has 17 heavy (non-hydrogen) atoms. The van der Waals surface area contributed by atoms with E-state index in [1.807, 2.05) is 0 Å². The molecule has 92 valence electrons. The summed E-state index contributed by atoms with van der Waals surface area (Å²) in [7, 11) is 0. The molecule has 6 heteroatoms. The van der Waals surface area contributed by atoms with Crippen molar-refractivity contribution in [2.45, 2.75) is 6.10 Å². The number of rotatable bonds is 1. The summed E-state index contributed by atoms with van der Waals surface area (Å²) in [6.07, 6.45) is -0.298. The zero-order chi connectivity index (χ0) is 11.8. The Bertz CT molecular complexity index is 449. The lowest BCUT2D eigenvalue weighted by Crippen LogP contribution is -2.34. The van der Waals surface area contributed by atoms with Gasteiger partial charge in [0, 0.05) is 23.1 Å². The zero-order valence-corrected chi connectivity index (χ0v) is 10.5. The van der Waals surface area contributed by atoms with Gasteiger partial charge in [0.1, 0.15) is 0 Å². The van der Waals surface area contributed by atoms with E-state index >= 15 is 0 Å². The van der Waals surface area contributed by atoms with Crippen LogP contribution >= 0.6 is 15.9 Å². The molecule has 0 saturated carbocycles. The number of hydrogen-bond donors (Lipinski definition) is 1. The molecule has 2 heterocycles. The highest BCUT2D eigenvalue weighted by Gasteiger charge is 2.29. The molecule has 4 nitrogen and oxygen atoms in total. The standard InChI is InChI=1S/C11H11BrFNO3/c12-6-3-7-11(17-5-16-7)10(13)9(6)8-4-14-1-2-15-8/h3,8,14H,1-2,4-5H2. The van der Waals surface area contributed by atoms with Gasteiger partial charge in [-0.1, -0.05) is 15.9 Å². The molecule has 1 aromatic carbocycles. The molecule has 1 N–H and O–H groups in total. The minimum Gasteiger partial charge on any atom is -0.453 e. The van der Waals surface area contributed by atoms with Gasteiger partial charge in [-0.15, -0.1) is 0 Å². The Labute approximate surface area is 106 Å². The first-order chi connectivity index (χ1) is 8.27. The van der Waals surface area contributed by atoms with E-state index in [-0.39, 0.29) is 18.6 Å². The lowest BCUT2D eigenvalue weighted by Gasteiger charge is -2.25. The lowest BCUT2D eigenvalue weighted by molar-refractivity contribution is 0.0248. The Morgan fingerprint density at radius 3 is 3.06 bits per heavy atom. The summed E-state index contributed by atoms with van der Waals surface area (Å²) in [5.41, 5.74) is 0.487. The number of benzene rings is 1. The quantitative estimate of drug-likeness (QED) is 0.861. The molecule has 0 aliphatic carbocycles. The number of halogens is 2. The van der Waals surface area contributed by atoms with E-state index in [9.17, 15) is 4.39 Å². The zero-order valence-electron chi connectivity index (χ0n) is 8.96. The molecule has 1 fully saturated rings. The molecular weight excluding hydrogens is 293 g/mol. The van der Waals surface area contributed by atoms with Crippen LogP contribution in [-0.4, -0.2) is 26.5 Å². The van der Waals surface area contributed by atoms with Crippen LogP contribution in [0.4, 0.5) is 4.39 Å². The number of ether oxygens (including phenoxy) is 3. The summed E-state index contributed by atoms with van der Waals surface area (Å²) in [4.78, 5) is 0. The first kappa shape index (κ1) is 11.3. The van der Waals surface area contributed by atoms with Crippen LogP contribution in [0, 0.1) is 5.82 Å². The Morgan fingerprint density at radius 1 is 1.41 bits per heavy atom. The van der Waals surface area contributed by atoms with Gasteiger partial charge in [0.15, 0.2) is 11.6 Å². The molecule has 0 amide bonds. The van der Waals surface area contributed by atoms with Crippen LogP contribution in [0.15, 0.2) is 10.5 Å². The van der Waals surface area contributed by atoms with Crippen molar-refractivity contribution in [3.63, 3.8) is 0 Å². The molecule has 0 aromatic heterocycles. The van der Waals surface area contributed by atoms with Crippen molar-refractivity contribution in [2.24, 2.45) is 0 Å². The predicted molar refractivity (Wildman–Crippen MR) is 61.8 cm³/mol. The molecular formula is C11H11BrFNO3. The summed E-state index contributed by atoms with van der Waals surface area (Å²) >= 11 is 3.35. The maximum atomic E-state index is 14.3. The monoisotopic (exact) mass is 303 g/mol. The molecule has 0 spiro atoms. The fourth-order valence-corrected chi connectivity index (χ4v) is 2.67. The van der Waals surface area contributed by atoms with Crippen molar-refractivity contribution >= 4 is 15.9 Å². The smallest absolute Gasteiger partial charge is 0.231 e. The topological polar surface area (TPSA) is 39.7 Å². The lowest BCUT2D eigenvalue weighted by atomic mass is 10.1. The van der Waals surface area contributed by atoms with Crippen LogP contribution in [0.3, 0.4) is 0 Å². The maximum Gasteiger partial charge on any atom is 0.231 e. The Balaban J connectivity index is 2.03. The second kappa shape index (κ2) is 4.44. The second-order valence-electron chi connectivity index (χ2n) is 3.88. The van der Waals surface area contributed by atoms with Gasteiger partial charge in [0.2, 0.25) is 12.5 Å². The van der Waals surface area contributed by atoms with E-state index < -0.39 is 5.82 Å². The molecule has 1 atom stereocenters. The minimum atomic E-state index is -0.402. The van der Waals surface area contributed by atoms with E-state index in [4.69, 9.17) is 14.2 Å². The van der Waals surface area contributed by atoms with E-state index in [0.29, 0.717) is 28.9 Å². The van der Waals surface area contributed by atoms with Gasteiger partial charge in [-0.2, -0.15) is 0 Å². The van der Waals surface area contributed by atoms with Gasteiger partial charge in [0.25, 0.3) is 0 Å². The third-order valence-corrected chi connectivity index (χ3v) is 3.50. The maximum absolute atomic E-state index is 14.3. The Morgan fingerprint density at radius 2 is 2.29 bits per heavy atom. The van der Waals surface area contributed by atoms with E-state index in [2.05, 4.69) is 21.2 Å². The summed E-state index contributed by atoms with van der Waals surface area (Å²) in [5, 5.41) is 3.17. The molecule has 1 saturated heterocycles. The highest BCUT2D eigenvalue weighted by atomic mass is 79.9. The average molecular weight is 304 g/mol. The molecule has 0 radical (unpaired) electrons. The number of fused-ring (bicyclic) bond motifs is 1. The van der Waals surface area contributed by atoms with Gasteiger partial charge in [0.05, 0.1) is 12.7 Å². The van der Waals surface area contributed by atoms with Crippen molar-refractivity contribution in [3.8, 4) is 11.5 Å². The van der Waals surface area contributed by atoms with Crippen LogP contribution in [0.1, 0.15) is 11.7 Å². The van der Waals surface area contributed by atoms with Crippen LogP contribution in [0.5, 0.6) is 11.5 Å². The van der Waals surface area contributed by atoms with E-state index in [1.165, 1.54) is 0 Å². The van der Waals surface area contributed by atoms with Crippen molar-refractivity contribution in [1.29, 1.82) is 0 Å². The Hall–Kier alpha value is -0.850. The summed E-state index contributed by atoms with van der Waals surface area (Å²) in [6.45, 7) is 2.02. The number of hydrogen-bond acceptors (Lipinski definition) is 4. The SMILES string of the molecule is Fc1c2c(cc(Br)c1C1CNCCO1)OCO2.